The minimum Gasteiger partial charge on any atom is -0.303 e. The molecule has 3 aliphatic rings. The van der Waals surface area contributed by atoms with Crippen molar-refractivity contribution in [3.63, 3.8) is 0 Å². The Hall–Kier alpha value is -1.69. The lowest BCUT2D eigenvalue weighted by atomic mass is 9.85. The molecule has 0 radical (unpaired) electrons. The van der Waals surface area contributed by atoms with E-state index in [0.29, 0.717) is 18.3 Å². The molecule has 160 valence electrons. The van der Waals surface area contributed by atoms with Gasteiger partial charge < -0.3 is 4.90 Å². The van der Waals surface area contributed by atoms with Gasteiger partial charge in [-0.1, -0.05) is 48.5 Å². The summed E-state index contributed by atoms with van der Waals surface area (Å²) in [4.78, 5) is 2.58. The van der Waals surface area contributed by atoms with Gasteiger partial charge in [0.1, 0.15) is 0 Å². The summed E-state index contributed by atoms with van der Waals surface area (Å²) in [6.45, 7) is 3.63. The van der Waals surface area contributed by atoms with Crippen LogP contribution >= 0.6 is 0 Å². The van der Waals surface area contributed by atoms with Gasteiger partial charge in [-0.15, -0.1) is 0 Å². The molecule has 0 bridgehead atoms. The van der Waals surface area contributed by atoms with E-state index in [4.69, 9.17) is 5.14 Å². The fourth-order valence-electron chi connectivity index (χ4n) is 5.46. The van der Waals surface area contributed by atoms with E-state index in [9.17, 15) is 8.42 Å². The Kier molecular flexibility index (Phi) is 5.46. The molecule has 2 N–H and O–H groups in total. The maximum Gasteiger partial charge on any atom is 0.212 e. The van der Waals surface area contributed by atoms with Gasteiger partial charge in [-0.3, -0.25) is 0 Å². The molecule has 1 heterocycles. The second-order valence-electron chi connectivity index (χ2n) is 9.62. The predicted molar refractivity (Wildman–Crippen MR) is 121 cm³/mol. The van der Waals surface area contributed by atoms with Gasteiger partial charge in [0, 0.05) is 6.54 Å². The number of hydrogen-bond acceptors (Lipinski definition) is 3. The lowest BCUT2D eigenvalue weighted by Gasteiger charge is -2.35. The summed E-state index contributed by atoms with van der Waals surface area (Å²) in [6.07, 6.45) is 6.03. The molecule has 2 aromatic rings. The number of benzene rings is 2. The zero-order valence-electron chi connectivity index (χ0n) is 17.5. The highest BCUT2D eigenvalue weighted by Gasteiger charge is 2.39. The molecule has 1 aliphatic heterocycles. The molecule has 2 fully saturated rings. The van der Waals surface area contributed by atoms with E-state index in [-0.39, 0.29) is 5.92 Å². The Balaban J connectivity index is 1.41. The van der Waals surface area contributed by atoms with Crippen molar-refractivity contribution < 1.29 is 8.42 Å². The summed E-state index contributed by atoms with van der Waals surface area (Å²) in [5, 5.41) is 5.15. The Bertz CT molecular complexity index is 997. The van der Waals surface area contributed by atoms with Crippen molar-refractivity contribution in [3.05, 3.63) is 70.8 Å². The van der Waals surface area contributed by atoms with E-state index < -0.39 is 15.3 Å². The van der Waals surface area contributed by atoms with Crippen LogP contribution in [0.4, 0.5) is 0 Å². The molecule has 2 aromatic carbocycles. The van der Waals surface area contributed by atoms with Crippen molar-refractivity contribution in [2.24, 2.45) is 17.0 Å². The van der Waals surface area contributed by atoms with Crippen LogP contribution in [-0.4, -0.2) is 38.2 Å². The third kappa shape index (κ3) is 4.34. The fraction of sp³-hybridized carbons (Fsp3) is 0.520. The highest BCUT2D eigenvalue weighted by Crippen LogP contribution is 2.42. The van der Waals surface area contributed by atoms with E-state index in [2.05, 4.69) is 53.4 Å². The first-order valence-corrected chi connectivity index (χ1v) is 13.0. The molecular weight excluding hydrogens is 392 g/mol. The van der Waals surface area contributed by atoms with Crippen molar-refractivity contribution in [3.8, 4) is 0 Å². The molecule has 3 unspecified atom stereocenters. The Morgan fingerprint density at radius 1 is 1.03 bits per heavy atom. The minimum atomic E-state index is -3.51. The quantitative estimate of drug-likeness (QED) is 0.705. The summed E-state index contributed by atoms with van der Waals surface area (Å²) in [5.41, 5.74) is 5.40. The first-order chi connectivity index (χ1) is 14.5. The van der Waals surface area contributed by atoms with E-state index >= 15 is 0 Å². The van der Waals surface area contributed by atoms with Crippen LogP contribution in [0.3, 0.4) is 0 Å². The lowest BCUT2D eigenvalue weighted by Crippen LogP contribution is -2.41. The van der Waals surface area contributed by atoms with Crippen molar-refractivity contribution in [2.75, 3.05) is 19.6 Å². The van der Waals surface area contributed by atoms with Crippen LogP contribution in [-0.2, 0) is 29.3 Å². The number of nitrogens with two attached hydrogens (primary N) is 1. The average molecular weight is 425 g/mol. The van der Waals surface area contributed by atoms with Crippen LogP contribution in [0, 0.1) is 11.8 Å². The molecular formula is C25H32N2O2S. The largest absolute Gasteiger partial charge is 0.303 e. The molecule has 3 atom stereocenters. The smallest absolute Gasteiger partial charge is 0.212 e. The maximum absolute atomic E-state index is 12.1. The molecule has 30 heavy (non-hydrogen) atoms. The first-order valence-electron chi connectivity index (χ1n) is 11.4. The van der Waals surface area contributed by atoms with Gasteiger partial charge in [0.05, 0.1) is 5.25 Å². The van der Waals surface area contributed by atoms with Crippen LogP contribution in [0.5, 0.6) is 0 Å². The van der Waals surface area contributed by atoms with Gasteiger partial charge in [0.2, 0.25) is 10.0 Å². The molecule has 0 aromatic heterocycles. The molecule has 5 heteroatoms. The number of likely N-dealkylation sites (tertiary alicyclic amines) is 1. The molecule has 0 spiro atoms. The SMILES string of the molecule is NS(=O)(=O)C(Cc1ccc2c(c1)C(Cc1ccccc1)C(CN1CCC1)C2)C1CC1. The molecule has 1 saturated heterocycles. The second-order valence-corrected chi connectivity index (χ2v) is 11.4. The summed E-state index contributed by atoms with van der Waals surface area (Å²) < 4.78 is 24.3. The Labute approximate surface area is 180 Å². The Morgan fingerprint density at radius 2 is 1.80 bits per heavy atom. The van der Waals surface area contributed by atoms with Gasteiger partial charge in [-0.25, -0.2) is 13.6 Å². The summed E-state index contributed by atoms with van der Waals surface area (Å²) >= 11 is 0. The van der Waals surface area contributed by atoms with Gasteiger partial charge in [0.25, 0.3) is 0 Å². The number of primary sulfonamides is 1. The standard InChI is InChI=1S/C25H32N2O2S/c26-30(28,29)25(20-9-10-20)15-19-7-8-21-16-22(17-27-11-4-12-27)24(23(21)14-19)13-18-5-2-1-3-6-18/h1-3,5-8,14,20,22,24-25H,4,9-13,15-17H2,(H2,26,28,29). The molecule has 5 rings (SSSR count). The number of fused-ring (bicyclic) bond motifs is 1. The normalized spacial score (nSPS) is 25.0. The van der Waals surface area contributed by atoms with E-state index in [1.807, 2.05) is 0 Å². The van der Waals surface area contributed by atoms with Crippen molar-refractivity contribution in [1.29, 1.82) is 0 Å². The summed E-state index contributed by atoms with van der Waals surface area (Å²) in [7, 11) is -3.51. The monoisotopic (exact) mass is 424 g/mol. The van der Waals surface area contributed by atoms with Gasteiger partial charge in [0.15, 0.2) is 0 Å². The summed E-state index contributed by atoms with van der Waals surface area (Å²) in [5.74, 6) is 1.37. The molecule has 4 nitrogen and oxygen atoms in total. The molecule has 2 aliphatic carbocycles. The Morgan fingerprint density at radius 3 is 2.43 bits per heavy atom. The van der Waals surface area contributed by atoms with Gasteiger partial charge in [-0.05, 0) is 91.6 Å². The van der Waals surface area contributed by atoms with Crippen LogP contribution in [0.15, 0.2) is 48.5 Å². The molecule has 0 amide bonds. The van der Waals surface area contributed by atoms with Crippen molar-refractivity contribution in [1.82, 2.24) is 4.90 Å². The van der Waals surface area contributed by atoms with Crippen LogP contribution in [0.1, 0.15) is 47.4 Å². The highest BCUT2D eigenvalue weighted by molar-refractivity contribution is 7.89. The van der Waals surface area contributed by atoms with Crippen LogP contribution in [0.2, 0.25) is 0 Å². The van der Waals surface area contributed by atoms with Crippen LogP contribution in [0.25, 0.3) is 0 Å². The minimum absolute atomic E-state index is 0.243. The maximum atomic E-state index is 12.1. The summed E-state index contributed by atoms with van der Waals surface area (Å²) in [6, 6.07) is 17.5. The first kappa shape index (κ1) is 20.2. The van der Waals surface area contributed by atoms with Gasteiger partial charge in [-0.2, -0.15) is 0 Å². The number of rotatable bonds is 8. The van der Waals surface area contributed by atoms with E-state index in [1.54, 1.807) is 0 Å². The number of nitrogens with zero attached hydrogens (tertiary/aromatic N) is 1. The second kappa shape index (κ2) is 8.10. The van der Waals surface area contributed by atoms with Crippen molar-refractivity contribution in [2.45, 2.75) is 49.7 Å². The topological polar surface area (TPSA) is 63.4 Å². The average Bonchev–Trinajstić information content (AvgIpc) is 3.46. The van der Waals surface area contributed by atoms with E-state index in [0.717, 1.165) is 31.2 Å². The predicted octanol–water partition coefficient (Wildman–Crippen LogP) is 3.50. The van der Waals surface area contributed by atoms with Gasteiger partial charge >= 0.3 is 0 Å². The molecule has 1 saturated carbocycles. The van der Waals surface area contributed by atoms with Crippen LogP contribution < -0.4 is 5.14 Å². The fourth-order valence-corrected chi connectivity index (χ4v) is 6.70. The lowest BCUT2D eigenvalue weighted by molar-refractivity contribution is 0.145. The zero-order chi connectivity index (χ0) is 20.7. The zero-order valence-corrected chi connectivity index (χ0v) is 18.4. The number of sulfonamides is 1. The third-order valence-corrected chi connectivity index (χ3v) is 8.80. The van der Waals surface area contributed by atoms with Crippen molar-refractivity contribution >= 4 is 10.0 Å². The number of hydrogen-bond donors (Lipinski definition) is 1. The third-order valence-electron chi connectivity index (χ3n) is 7.41. The van der Waals surface area contributed by atoms with E-state index in [1.165, 1.54) is 42.7 Å². The highest BCUT2D eigenvalue weighted by atomic mass is 32.2.